The molecule has 38 heavy (non-hydrogen) atoms. The van der Waals surface area contributed by atoms with E-state index >= 15 is 0 Å². The van der Waals surface area contributed by atoms with E-state index in [0.717, 1.165) is 48.4 Å². The third-order valence-electron chi connectivity index (χ3n) is 6.89. The Hall–Kier alpha value is -3.95. The maximum absolute atomic E-state index is 13.0. The van der Waals surface area contributed by atoms with Gasteiger partial charge in [-0.3, -0.25) is 19.8 Å². The van der Waals surface area contributed by atoms with E-state index in [1.807, 2.05) is 42.5 Å². The van der Waals surface area contributed by atoms with E-state index in [1.165, 1.54) is 16.9 Å². The number of anilines is 2. The molecule has 2 aliphatic rings. The number of carbonyl (C=O) groups is 2. The molecule has 6 rings (SSSR count). The van der Waals surface area contributed by atoms with E-state index < -0.39 is 6.10 Å². The maximum Gasteiger partial charge on any atom is 0.270 e. The Kier molecular flexibility index (Phi) is 6.94. The Morgan fingerprint density at radius 3 is 2.50 bits per heavy atom. The zero-order valence-electron chi connectivity index (χ0n) is 20.8. The third-order valence-corrected chi connectivity index (χ3v) is 7.83. The number of para-hydroxylation sites is 2. The number of aromatic nitrogens is 1. The Bertz CT molecular complexity index is 1450. The minimum absolute atomic E-state index is 0.00290. The standard InChI is InChI=1S/C29H28N4O4S/c34-27(20-12-14-33(15-13-20)17-19-6-2-1-3-7-19)30-21-10-11-22-26(16-21)38-29(31-22)32-28(35)25-18-36-23-8-4-5-9-24(23)37-25/h1-11,16,20,25H,12-15,17-18H2,(H,30,34)(H,31,32,35). The maximum atomic E-state index is 13.0. The van der Waals surface area contributed by atoms with Gasteiger partial charge in [0.2, 0.25) is 12.0 Å². The first-order chi connectivity index (χ1) is 18.6. The molecule has 0 bridgehead atoms. The van der Waals surface area contributed by atoms with Crippen LogP contribution < -0.4 is 20.1 Å². The number of thiazole rings is 1. The number of benzene rings is 3. The van der Waals surface area contributed by atoms with Crippen molar-refractivity contribution in [3.8, 4) is 11.5 Å². The van der Waals surface area contributed by atoms with Crippen molar-refractivity contribution in [2.75, 3.05) is 30.3 Å². The van der Waals surface area contributed by atoms with E-state index in [4.69, 9.17) is 9.47 Å². The third kappa shape index (κ3) is 5.49. The lowest BCUT2D eigenvalue weighted by Crippen LogP contribution is -2.40. The molecule has 4 aromatic rings. The summed E-state index contributed by atoms with van der Waals surface area (Å²) in [5, 5.41) is 6.39. The highest BCUT2D eigenvalue weighted by Crippen LogP contribution is 2.32. The van der Waals surface area contributed by atoms with Crippen LogP contribution in [0.2, 0.25) is 0 Å². The molecule has 194 valence electrons. The second-order valence-electron chi connectivity index (χ2n) is 9.58. The molecule has 1 saturated heterocycles. The van der Waals surface area contributed by atoms with Crippen LogP contribution in [-0.2, 0) is 16.1 Å². The topological polar surface area (TPSA) is 92.8 Å². The Morgan fingerprint density at radius 2 is 1.68 bits per heavy atom. The lowest BCUT2D eigenvalue weighted by Gasteiger charge is -2.31. The molecule has 3 heterocycles. The largest absolute Gasteiger partial charge is 0.485 e. The molecular formula is C29H28N4O4S. The van der Waals surface area contributed by atoms with Crippen LogP contribution in [0, 0.1) is 5.92 Å². The fourth-order valence-electron chi connectivity index (χ4n) is 4.83. The number of piperidine rings is 1. The summed E-state index contributed by atoms with van der Waals surface area (Å²) in [5.41, 5.74) is 2.79. The van der Waals surface area contributed by atoms with Gasteiger partial charge in [-0.25, -0.2) is 4.98 Å². The highest BCUT2D eigenvalue weighted by Gasteiger charge is 2.28. The van der Waals surface area contributed by atoms with Crippen molar-refractivity contribution in [3.63, 3.8) is 0 Å². The molecule has 1 aromatic heterocycles. The summed E-state index contributed by atoms with van der Waals surface area (Å²) in [7, 11) is 0. The SMILES string of the molecule is O=C(Nc1ccc2nc(NC(=O)C3COc4ccccc4O3)sc2c1)C1CCN(Cc2ccccc2)CC1. The van der Waals surface area contributed by atoms with Crippen molar-refractivity contribution >= 4 is 44.2 Å². The predicted molar refractivity (Wildman–Crippen MR) is 148 cm³/mol. The number of carbonyl (C=O) groups excluding carboxylic acids is 2. The van der Waals surface area contributed by atoms with Gasteiger partial charge in [-0.2, -0.15) is 0 Å². The molecule has 1 fully saturated rings. The van der Waals surface area contributed by atoms with Gasteiger partial charge in [0.25, 0.3) is 5.91 Å². The molecule has 0 radical (unpaired) electrons. The van der Waals surface area contributed by atoms with Gasteiger partial charge in [0.1, 0.15) is 6.61 Å². The van der Waals surface area contributed by atoms with E-state index in [1.54, 1.807) is 6.07 Å². The Balaban J connectivity index is 1.03. The zero-order valence-corrected chi connectivity index (χ0v) is 21.6. The molecule has 1 atom stereocenters. The minimum Gasteiger partial charge on any atom is -0.485 e. The average molecular weight is 529 g/mol. The highest BCUT2D eigenvalue weighted by atomic mass is 32.1. The number of rotatable bonds is 6. The summed E-state index contributed by atoms with van der Waals surface area (Å²) in [5.74, 6) is 0.911. The Labute approximate surface area is 224 Å². The molecule has 0 spiro atoms. The first-order valence-electron chi connectivity index (χ1n) is 12.8. The molecule has 2 amide bonds. The molecule has 9 heteroatoms. The number of hydrogen-bond acceptors (Lipinski definition) is 7. The molecule has 0 saturated carbocycles. The van der Waals surface area contributed by atoms with Crippen molar-refractivity contribution < 1.29 is 19.1 Å². The van der Waals surface area contributed by atoms with Crippen LogP contribution in [0.5, 0.6) is 11.5 Å². The zero-order chi connectivity index (χ0) is 25.9. The van der Waals surface area contributed by atoms with Gasteiger partial charge in [-0.05, 0) is 61.8 Å². The summed E-state index contributed by atoms with van der Waals surface area (Å²) in [6, 6.07) is 23.3. The first-order valence-corrected chi connectivity index (χ1v) is 13.6. The summed E-state index contributed by atoms with van der Waals surface area (Å²) in [4.78, 5) is 32.6. The van der Waals surface area contributed by atoms with Gasteiger partial charge in [0.15, 0.2) is 16.6 Å². The van der Waals surface area contributed by atoms with Crippen LogP contribution >= 0.6 is 11.3 Å². The molecule has 2 N–H and O–H groups in total. The molecule has 8 nitrogen and oxygen atoms in total. The number of nitrogens with one attached hydrogen (secondary N) is 2. The van der Waals surface area contributed by atoms with Gasteiger partial charge in [0.05, 0.1) is 10.2 Å². The summed E-state index contributed by atoms with van der Waals surface area (Å²) < 4.78 is 12.3. The van der Waals surface area contributed by atoms with Crippen LogP contribution in [0.25, 0.3) is 10.2 Å². The first kappa shape index (κ1) is 24.4. The van der Waals surface area contributed by atoms with Crippen LogP contribution in [0.3, 0.4) is 0 Å². The second kappa shape index (κ2) is 10.8. The van der Waals surface area contributed by atoms with Crippen molar-refractivity contribution in [1.29, 1.82) is 0 Å². The predicted octanol–water partition coefficient (Wildman–Crippen LogP) is 4.93. The van der Waals surface area contributed by atoms with Crippen LogP contribution in [0.1, 0.15) is 18.4 Å². The van der Waals surface area contributed by atoms with Crippen molar-refractivity contribution in [3.05, 3.63) is 78.4 Å². The van der Waals surface area contributed by atoms with Crippen molar-refractivity contribution in [2.24, 2.45) is 5.92 Å². The van der Waals surface area contributed by atoms with Crippen LogP contribution in [-0.4, -0.2) is 47.5 Å². The van der Waals surface area contributed by atoms with Gasteiger partial charge < -0.3 is 14.8 Å². The fraction of sp³-hybridized carbons (Fsp3) is 0.276. The van der Waals surface area contributed by atoms with Crippen molar-refractivity contribution in [2.45, 2.75) is 25.5 Å². The number of amides is 2. The quantitative estimate of drug-likeness (QED) is 0.369. The summed E-state index contributed by atoms with van der Waals surface area (Å²) in [6.07, 6.45) is 0.926. The Morgan fingerprint density at radius 1 is 0.921 bits per heavy atom. The highest BCUT2D eigenvalue weighted by molar-refractivity contribution is 7.22. The molecular weight excluding hydrogens is 500 g/mol. The normalized spacial score (nSPS) is 17.7. The number of likely N-dealkylation sites (tertiary alicyclic amines) is 1. The van der Waals surface area contributed by atoms with E-state index in [-0.39, 0.29) is 24.3 Å². The number of nitrogens with zero attached hydrogens (tertiary/aromatic N) is 2. The molecule has 3 aromatic carbocycles. The van der Waals surface area contributed by atoms with Gasteiger partial charge >= 0.3 is 0 Å². The van der Waals surface area contributed by atoms with Crippen LogP contribution in [0.4, 0.5) is 10.8 Å². The minimum atomic E-state index is -0.758. The summed E-state index contributed by atoms with van der Waals surface area (Å²) in [6.45, 7) is 2.87. The lowest BCUT2D eigenvalue weighted by atomic mass is 9.95. The molecule has 1 unspecified atom stereocenters. The fourth-order valence-corrected chi connectivity index (χ4v) is 5.74. The number of ether oxygens (including phenoxy) is 2. The summed E-state index contributed by atoms with van der Waals surface area (Å²) >= 11 is 1.36. The van der Waals surface area contributed by atoms with Gasteiger partial charge in [-0.1, -0.05) is 53.8 Å². The molecule has 2 aliphatic heterocycles. The number of fused-ring (bicyclic) bond motifs is 2. The van der Waals surface area contributed by atoms with Crippen molar-refractivity contribution in [1.82, 2.24) is 9.88 Å². The van der Waals surface area contributed by atoms with E-state index in [9.17, 15) is 9.59 Å². The lowest BCUT2D eigenvalue weighted by molar-refractivity contribution is -0.125. The smallest absolute Gasteiger partial charge is 0.270 e. The second-order valence-corrected chi connectivity index (χ2v) is 10.6. The van der Waals surface area contributed by atoms with Crippen LogP contribution in [0.15, 0.2) is 72.8 Å². The monoisotopic (exact) mass is 528 g/mol. The van der Waals surface area contributed by atoms with Gasteiger partial charge in [-0.15, -0.1) is 0 Å². The van der Waals surface area contributed by atoms with E-state index in [0.29, 0.717) is 16.6 Å². The van der Waals surface area contributed by atoms with E-state index in [2.05, 4.69) is 44.8 Å². The number of hydrogen-bond donors (Lipinski definition) is 2. The van der Waals surface area contributed by atoms with Gasteiger partial charge in [0, 0.05) is 18.2 Å². The average Bonchev–Trinajstić information content (AvgIpc) is 3.35. The molecule has 0 aliphatic carbocycles.